The smallest absolute Gasteiger partial charge is 0.223 e. The highest BCUT2D eigenvalue weighted by Gasteiger charge is 2.24. The molecule has 14 heavy (non-hydrogen) atoms. The lowest BCUT2D eigenvalue weighted by molar-refractivity contribution is -0.126. The van der Waals surface area contributed by atoms with Gasteiger partial charge in [-0.25, -0.2) is 4.63 Å². The first-order chi connectivity index (χ1) is 6.77. The van der Waals surface area contributed by atoms with Crippen LogP contribution in [-0.2, 0) is 11.2 Å². The van der Waals surface area contributed by atoms with Crippen LogP contribution in [-0.4, -0.2) is 22.8 Å². The Morgan fingerprint density at radius 3 is 3.07 bits per heavy atom. The van der Waals surface area contributed by atoms with Crippen molar-refractivity contribution >= 4 is 5.91 Å². The van der Waals surface area contributed by atoms with Crippen molar-refractivity contribution in [2.45, 2.75) is 26.2 Å². The molecule has 1 aliphatic heterocycles. The van der Waals surface area contributed by atoms with E-state index in [1.54, 1.807) is 0 Å². The second kappa shape index (κ2) is 3.77. The summed E-state index contributed by atoms with van der Waals surface area (Å²) in [7, 11) is 0. The fourth-order valence-corrected chi connectivity index (χ4v) is 1.70. The summed E-state index contributed by atoms with van der Waals surface area (Å²) in [4.78, 5) is 11.4. The van der Waals surface area contributed by atoms with Gasteiger partial charge < -0.3 is 5.32 Å². The van der Waals surface area contributed by atoms with Gasteiger partial charge in [0.1, 0.15) is 11.4 Å². The highest BCUT2D eigenvalue weighted by Crippen LogP contribution is 2.17. The van der Waals surface area contributed by atoms with Crippen molar-refractivity contribution in [1.29, 1.82) is 0 Å². The number of nitrogens with one attached hydrogen (secondary N) is 1. The van der Waals surface area contributed by atoms with E-state index < -0.39 is 0 Å². The molecule has 1 N–H and O–H groups in total. The molecular formula is C9H13N3O2. The maximum atomic E-state index is 11.4. The average Bonchev–Trinajstić information content (AvgIpc) is 2.56. The van der Waals surface area contributed by atoms with Gasteiger partial charge in [0, 0.05) is 18.9 Å². The van der Waals surface area contributed by atoms with Crippen LogP contribution in [0.25, 0.3) is 0 Å². The van der Waals surface area contributed by atoms with E-state index in [1.807, 2.05) is 6.92 Å². The summed E-state index contributed by atoms with van der Waals surface area (Å²) >= 11 is 0. The minimum atomic E-state index is 0.0364. The van der Waals surface area contributed by atoms with Crippen molar-refractivity contribution < 1.29 is 9.42 Å². The summed E-state index contributed by atoms with van der Waals surface area (Å²) in [6.45, 7) is 2.64. The van der Waals surface area contributed by atoms with Crippen LogP contribution in [0.1, 0.15) is 24.2 Å². The van der Waals surface area contributed by atoms with Crippen LogP contribution >= 0.6 is 0 Å². The Balaban J connectivity index is 2.03. The SMILES string of the molecule is Cc1nonc1CC1CCCNC1=O. The Morgan fingerprint density at radius 1 is 1.57 bits per heavy atom. The lowest BCUT2D eigenvalue weighted by Crippen LogP contribution is -2.37. The summed E-state index contributed by atoms with van der Waals surface area (Å²) in [6.07, 6.45) is 2.61. The van der Waals surface area contributed by atoms with Crippen molar-refractivity contribution in [3.63, 3.8) is 0 Å². The van der Waals surface area contributed by atoms with E-state index in [0.29, 0.717) is 6.42 Å². The minimum Gasteiger partial charge on any atom is -0.356 e. The summed E-state index contributed by atoms with van der Waals surface area (Å²) in [5.74, 6) is 0.160. The first-order valence-electron chi connectivity index (χ1n) is 4.83. The topological polar surface area (TPSA) is 68.0 Å². The molecule has 1 atom stereocenters. The number of aryl methyl sites for hydroxylation is 1. The number of amides is 1. The lowest BCUT2D eigenvalue weighted by Gasteiger charge is -2.20. The van der Waals surface area contributed by atoms with Gasteiger partial charge in [-0.15, -0.1) is 0 Å². The Kier molecular flexibility index (Phi) is 2.47. The van der Waals surface area contributed by atoms with Gasteiger partial charge in [0.05, 0.1) is 0 Å². The van der Waals surface area contributed by atoms with E-state index >= 15 is 0 Å². The Hall–Kier alpha value is -1.39. The third kappa shape index (κ3) is 1.76. The van der Waals surface area contributed by atoms with Crippen molar-refractivity contribution in [2.75, 3.05) is 6.54 Å². The van der Waals surface area contributed by atoms with E-state index in [9.17, 15) is 4.79 Å². The van der Waals surface area contributed by atoms with Crippen LogP contribution in [0.5, 0.6) is 0 Å². The maximum Gasteiger partial charge on any atom is 0.223 e. The molecule has 2 rings (SSSR count). The predicted octanol–water partition coefficient (Wildman–Crippen LogP) is 0.447. The molecule has 0 saturated carbocycles. The van der Waals surface area contributed by atoms with E-state index in [-0.39, 0.29) is 11.8 Å². The number of carbonyl (C=O) groups is 1. The largest absolute Gasteiger partial charge is 0.356 e. The number of hydrogen-bond donors (Lipinski definition) is 1. The molecule has 5 heteroatoms. The van der Waals surface area contributed by atoms with Crippen molar-refractivity contribution in [3.05, 3.63) is 11.4 Å². The minimum absolute atomic E-state index is 0.0364. The molecule has 76 valence electrons. The van der Waals surface area contributed by atoms with Crippen molar-refractivity contribution in [3.8, 4) is 0 Å². The molecule has 1 unspecified atom stereocenters. The van der Waals surface area contributed by atoms with Crippen LogP contribution in [0.4, 0.5) is 0 Å². The van der Waals surface area contributed by atoms with Gasteiger partial charge >= 0.3 is 0 Å². The fourth-order valence-electron chi connectivity index (χ4n) is 1.70. The first kappa shape index (κ1) is 9.18. The average molecular weight is 195 g/mol. The standard InChI is InChI=1S/C9H13N3O2/c1-6-8(12-14-11-6)5-7-3-2-4-10-9(7)13/h7H,2-5H2,1H3,(H,10,13). The van der Waals surface area contributed by atoms with Crippen LogP contribution in [0.3, 0.4) is 0 Å². The maximum absolute atomic E-state index is 11.4. The summed E-state index contributed by atoms with van der Waals surface area (Å²) < 4.78 is 4.59. The van der Waals surface area contributed by atoms with Crippen LogP contribution in [0, 0.1) is 12.8 Å². The number of rotatable bonds is 2. The van der Waals surface area contributed by atoms with E-state index in [4.69, 9.17) is 0 Å². The molecule has 1 saturated heterocycles. The lowest BCUT2D eigenvalue weighted by atomic mass is 9.93. The first-order valence-corrected chi connectivity index (χ1v) is 4.83. The van der Waals surface area contributed by atoms with Gasteiger partial charge in [-0.05, 0) is 19.8 Å². The molecule has 0 radical (unpaired) electrons. The zero-order valence-electron chi connectivity index (χ0n) is 8.12. The van der Waals surface area contributed by atoms with Crippen molar-refractivity contribution in [1.82, 2.24) is 15.6 Å². The van der Waals surface area contributed by atoms with Gasteiger partial charge in [-0.2, -0.15) is 0 Å². The quantitative estimate of drug-likeness (QED) is 0.743. The van der Waals surface area contributed by atoms with E-state index in [1.165, 1.54) is 0 Å². The molecular weight excluding hydrogens is 182 g/mol. The third-order valence-electron chi connectivity index (χ3n) is 2.59. The summed E-state index contributed by atoms with van der Waals surface area (Å²) in [5.41, 5.74) is 1.58. The predicted molar refractivity (Wildman–Crippen MR) is 48.5 cm³/mol. The summed E-state index contributed by atoms with van der Waals surface area (Å²) in [6, 6.07) is 0. The molecule has 1 aliphatic rings. The van der Waals surface area contributed by atoms with Gasteiger partial charge in [-0.3, -0.25) is 4.79 Å². The highest BCUT2D eigenvalue weighted by atomic mass is 16.6. The van der Waals surface area contributed by atoms with Crippen LogP contribution in [0.15, 0.2) is 4.63 Å². The second-order valence-corrected chi connectivity index (χ2v) is 3.63. The molecule has 2 heterocycles. The van der Waals surface area contributed by atoms with Crippen LogP contribution in [0.2, 0.25) is 0 Å². The van der Waals surface area contributed by atoms with Crippen LogP contribution < -0.4 is 5.32 Å². The van der Waals surface area contributed by atoms with Gasteiger partial charge in [0.25, 0.3) is 0 Å². The molecule has 0 aromatic carbocycles. The Bertz CT molecular complexity index is 335. The van der Waals surface area contributed by atoms with Gasteiger partial charge in [0.15, 0.2) is 0 Å². The number of nitrogens with zero attached hydrogens (tertiary/aromatic N) is 2. The molecule has 5 nitrogen and oxygen atoms in total. The zero-order chi connectivity index (χ0) is 9.97. The zero-order valence-corrected chi connectivity index (χ0v) is 8.12. The van der Waals surface area contributed by atoms with Gasteiger partial charge in [-0.1, -0.05) is 10.3 Å². The monoisotopic (exact) mass is 195 g/mol. The molecule has 0 spiro atoms. The number of aromatic nitrogens is 2. The number of carbonyl (C=O) groups excluding carboxylic acids is 1. The highest BCUT2D eigenvalue weighted by molar-refractivity contribution is 5.79. The second-order valence-electron chi connectivity index (χ2n) is 3.63. The van der Waals surface area contributed by atoms with Crippen molar-refractivity contribution in [2.24, 2.45) is 5.92 Å². The normalized spacial score (nSPS) is 22.1. The van der Waals surface area contributed by atoms with Gasteiger partial charge in [0.2, 0.25) is 5.91 Å². The number of piperidine rings is 1. The molecule has 0 bridgehead atoms. The molecule has 0 aliphatic carbocycles. The molecule has 1 fully saturated rings. The molecule has 1 aromatic rings. The Labute approximate surface area is 81.8 Å². The summed E-state index contributed by atoms with van der Waals surface area (Å²) in [5, 5.41) is 10.3. The third-order valence-corrected chi connectivity index (χ3v) is 2.59. The van der Waals surface area contributed by atoms with E-state index in [0.717, 1.165) is 30.8 Å². The van der Waals surface area contributed by atoms with E-state index in [2.05, 4.69) is 20.3 Å². The fraction of sp³-hybridized carbons (Fsp3) is 0.667. The Morgan fingerprint density at radius 2 is 2.43 bits per heavy atom. The molecule has 1 aromatic heterocycles. The molecule has 1 amide bonds. The number of hydrogen-bond acceptors (Lipinski definition) is 4.